The predicted molar refractivity (Wildman–Crippen MR) is 107 cm³/mol. The Morgan fingerprint density at radius 3 is 2.71 bits per heavy atom. The number of hydrogen-bond donors (Lipinski definition) is 2. The number of rotatable bonds is 6. The van der Waals surface area contributed by atoms with Gasteiger partial charge in [-0.1, -0.05) is 18.2 Å². The molecular formula is C21H24N2O4S. The van der Waals surface area contributed by atoms with Gasteiger partial charge in [0.25, 0.3) is 15.9 Å². The molecule has 1 saturated heterocycles. The third kappa shape index (κ3) is 4.05. The van der Waals surface area contributed by atoms with E-state index < -0.39 is 10.0 Å². The molecule has 4 rings (SSSR count). The molecule has 2 aromatic carbocycles. The molecule has 2 aromatic rings. The standard InChI is InChI=1S/C21H24N2O4S/c24-21(22-14-17-7-4-12-27-17)19-8-1-2-9-20(19)23-28(25,26)18-11-10-15-5-3-6-16(15)13-18/h1-2,8-11,13,17,23H,3-7,12,14H2,(H,22,24)/t17-/m1/s1. The molecule has 148 valence electrons. The number of aryl methyl sites for hydroxylation is 2. The van der Waals surface area contributed by atoms with Gasteiger partial charge in [0.05, 0.1) is 22.3 Å². The highest BCUT2D eigenvalue weighted by atomic mass is 32.2. The maximum absolute atomic E-state index is 12.9. The molecule has 2 N–H and O–H groups in total. The first-order valence-corrected chi connectivity index (χ1v) is 11.1. The second-order valence-corrected chi connectivity index (χ2v) is 8.96. The van der Waals surface area contributed by atoms with Crippen molar-refractivity contribution in [2.75, 3.05) is 17.9 Å². The molecule has 1 amide bonds. The van der Waals surface area contributed by atoms with Crippen LogP contribution in [0.25, 0.3) is 0 Å². The molecule has 0 aromatic heterocycles. The van der Waals surface area contributed by atoms with E-state index in [1.54, 1.807) is 36.4 Å². The van der Waals surface area contributed by atoms with Crippen LogP contribution in [-0.2, 0) is 27.6 Å². The van der Waals surface area contributed by atoms with Gasteiger partial charge in [0, 0.05) is 13.2 Å². The Bertz CT molecular complexity index is 982. The second kappa shape index (κ2) is 7.93. The van der Waals surface area contributed by atoms with Crippen LogP contribution in [0.15, 0.2) is 47.4 Å². The Labute approximate surface area is 165 Å². The second-order valence-electron chi connectivity index (χ2n) is 7.28. The Balaban J connectivity index is 1.52. The molecular weight excluding hydrogens is 376 g/mol. The highest BCUT2D eigenvalue weighted by Gasteiger charge is 2.22. The molecule has 1 atom stereocenters. The average molecular weight is 401 g/mol. The summed E-state index contributed by atoms with van der Waals surface area (Å²) in [6, 6.07) is 11.9. The van der Waals surface area contributed by atoms with E-state index in [9.17, 15) is 13.2 Å². The lowest BCUT2D eigenvalue weighted by atomic mass is 10.1. The van der Waals surface area contributed by atoms with Gasteiger partial charge in [-0.3, -0.25) is 9.52 Å². The number of anilines is 1. The van der Waals surface area contributed by atoms with E-state index in [2.05, 4.69) is 10.0 Å². The van der Waals surface area contributed by atoms with Crippen molar-refractivity contribution in [1.29, 1.82) is 0 Å². The molecule has 1 aliphatic heterocycles. The van der Waals surface area contributed by atoms with E-state index in [-0.39, 0.29) is 22.6 Å². The summed E-state index contributed by atoms with van der Waals surface area (Å²) in [5.41, 5.74) is 2.87. The van der Waals surface area contributed by atoms with Crippen molar-refractivity contribution in [3.63, 3.8) is 0 Å². The summed E-state index contributed by atoms with van der Waals surface area (Å²) >= 11 is 0. The monoisotopic (exact) mass is 400 g/mol. The summed E-state index contributed by atoms with van der Waals surface area (Å²) in [7, 11) is -3.78. The van der Waals surface area contributed by atoms with Crippen molar-refractivity contribution in [1.82, 2.24) is 5.32 Å². The third-order valence-corrected chi connectivity index (χ3v) is 6.67. The lowest BCUT2D eigenvalue weighted by molar-refractivity contribution is 0.0858. The summed E-state index contributed by atoms with van der Waals surface area (Å²) < 4.78 is 33.9. The van der Waals surface area contributed by atoms with Gasteiger partial charge < -0.3 is 10.1 Å². The van der Waals surface area contributed by atoms with E-state index in [4.69, 9.17) is 4.74 Å². The van der Waals surface area contributed by atoms with E-state index >= 15 is 0 Å². The molecule has 7 heteroatoms. The molecule has 0 radical (unpaired) electrons. The molecule has 1 heterocycles. The minimum absolute atomic E-state index is 0.0271. The van der Waals surface area contributed by atoms with Crippen molar-refractivity contribution in [2.24, 2.45) is 0 Å². The smallest absolute Gasteiger partial charge is 0.261 e. The van der Waals surface area contributed by atoms with E-state index in [0.29, 0.717) is 12.1 Å². The summed E-state index contributed by atoms with van der Waals surface area (Å²) in [6.45, 7) is 1.14. The number of benzene rings is 2. The largest absolute Gasteiger partial charge is 0.376 e. The Morgan fingerprint density at radius 1 is 1.07 bits per heavy atom. The molecule has 0 unspecified atom stereocenters. The molecule has 2 aliphatic rings. The Morgan fingerprint density at radius 2 is 1.89 bits per heavy atom. The van der Waals surface area contributed by atoms with Crippen molar-refractivity contribution in [2.45, 2.75) is 43.1 Å². The van der Waals surface area contributed by atoms with Crippen LogP contribution >= 0.6 is 0 Å². The lowest BCUT2D eigenvalue weighted by Gasteiger charge is -2.15. The molecule has 6 nitrogen and oxygen atoms in total. The average Bonchev–Trinajstić information content (AvgIpc) is 3.37. The van der Waals surface area contributed by atoms with Crippen LogP contribution in [0.1, 0.15) is 40.7 Å². The van der Waals surface area contributed by atoms with Crippen LogP contribution in [0.4, 0.5) is 5.69 Å². The maximum atomic E-state index is 12.9. The van der Waals surface area contributed by atoms with E-state index in [1.807, 2.05) is 6.07 Å². The van der Waals surface area contributed by atoms with E-state index in [1.165, 1.54) is 5.56 Å². The number of nitrogens with one attached hydrogen (secondary N) is 2. The van der Waals surface area contributed by atoms with Gasteiger partial charge in [-0.05, 0) is 67.5 Å². The first kappa shape index (κ1) is 19.0. The van der Waals surface area contributed by atoms with Crippen LogP contribution in [-0.4, -0.2) is 33.6 Å². The van der Waals surface area contributed by atoms with Gasteiger partial charge in [-0.25, -0.2) is 8.42 Å². The molecule has 0 saturated carbocycles. The maximum Gasteiger partial charge on any atom is 0.261 e. The van der Waals surface area contributed by atoms with Crippen molar-refractivity contribution in [3.05, 3.63) is 59.2 Å². The zero-order chi connectivity index (χ0) is 19.6. The molecule has 1 aliphatic carbocycles. The SMILES string of the molecule is O=C(NC[C@H]1CCCO1)c1ccccc1NS(=O)(=O)c1ccc2c(c1)CCC2. The van der Waals surface area contributed by atoms with Crippen molar-refractivity contribution >= 4 is 21.6 Å². The zero-order valence-electron chi connectivity index (χ0n) is 15.6. The number of carbonyl (C=O) groups is 1. The molecule has 28 heavy (non-hydrogen) atoms. The van der Waals surface area contributed by atoms with Crippen LogP contribution in [0.5, 0.6) is 0 Å². The van der Waals surface area contributed by atoms with Crippen LogP contribution in [0.3, 0.4) is 0 Å². The molecule has 0 bridgehead atoms. The summed E-state index contributed by atoms with van der Waals surface area (Å²) in [5.74, 6) is -0.317. The quantitative estimate of drug-likeness (QED) is 0.781. The Hall–Kier alpha value is -2.38. The summed E-state index contributed by atoms with van der Waals surface area (Å²) in [4.78, 5) is 12.8. The summed E-state index contributed by atoms with van der Waals surface area (Å²) in [6.07, 6.45) is 4.90. The van der Waals surface area contributed by atoms with Gasteiger partial charge in [0.2, 0.25) is 0 Å². The van der Waals surface area contributed by atoms with Gasteiger partial charge >= 0.3 is 0 Å². The first-order valence-electron chi connectivity index (χ1n) is 9.66. The minimum Gasteiger partial charge on any atom is -0.376 e. The topological polar surface area (TPSA) is 84.5 Å². The van der Waals surface area contributed by atoms with Gasteiger partial charge in [0.15, 0.2) is 0 Å². The van der Waals surface area contributed by atoms with Crippen LogP contribution < -0.4 is 10.0 Å². The number of carbonyl (C=O) groups excluding carboxylic acids is 1. The fourth-order valence-corrected chi connectivity index (χ4v) is 4.93. The van der Waals surface area contributed by atoms with Crippen LogP contribution in [0, 0.1) is 0 Å². The van der Waals surface area contributed by atoms with Crippen LogP contribution in [0.2, 0.25) is 0 Å². The minimum atomic E-state index is -3.78. The number of amides is 1. The number of hydrogen-bond acceptors (Lipinski definition) is 4. The van der Waals surface area contributed by atoms with Gasteiger partial charge in [-0.2, -0.15) is 0 Å². The number of para-hydroxylation sites is 1. The highest BCUT2D eigenvalue weighted by Crippen LogP contribution is 2.26. The van der Waals surface area contributed by atoms with Gasteiger partial charge in [0.1, 0.15) is 0 Å². The van der Waals surface area contributed by atoms with E-state index in [0.717, 1.165) is 44.3 Å². The zero-order valence-corrected chi connectivity index (χ0v) is 16.4. The number of ether oxygens (including phenoxy) is 1. The fourth-order valence-electron chi connectivity index (χ4n) is 3.80. The number of fused-ring (bicyclic) bond motifs is 1. The third-order valence-electron chi connectivity index (χ3n) is 5.31. The number of sulfonamides is 1. The van der Waals surface area contributed by atoms with Gasteiger partial charge in [-0.15, -0.1) is 0 Å². The van der Waals surface area contributed by atoms with Crippen molar-refractivity contribution in [3.8, 4) is 0 Å². The normalized spacial score (nSPS) is 18.6. The fraction of sp³-hybridized carbons (Fsp3) is 0.381. The first-order chi connectivity index (χ1) is 13.5. The Kier molecular flexibility index (Phi) is 5.37. The van der Waals surface area contributed by atoms with Crippen molar-refractivity contribution < 1.29 is 17.9 Å². The lowest BCUT2D eigenvalue weighted by Crippen LogP contribution is -2.32. The predicted octanol–water partition coefficient (Wildman–Crippen LogP) is 2.88. The molecule has 0 spiro atoms. The highest BCUT2D eigenvalue weighted by molar-refractivity contribution is 7.92. The molecule has 1 fully saturated rings. The summed E-state index contributed by atoms with van der Waals surface area (Å²) in [5, 5.41) is 2.84.